The summed E-state index contributed by atoms with van der Waals surface area (Å²) in [5.41, 5.74) is 0.791. The van der Waals surface area contributed by atoms with Gasteiger partial charge >= 0.3 is 0 Å². The monoisotopic (exact) mass is 398 g/mol. The number of hydrogen-bond acceptors (Lipinski definition) is 5. The number of nitrogens with zero attached hydrogens (tertiary/aromatic N) is 4. The zero-order valence-corrected chi connectivity index (χ0v) is 15.5. The minimum Gasteiger partial charge on any atom is -0.352 e. The number of amides is 2. The summed E-state index contributed by atoms with van der Waals surface area (Å²) < 4.78 is 16.3. The Bertz CT molecular complexity index is 1140. The Hall–Kier alpha value is -3.56. The number of carbonyl (C=O) groups excluding carboxylic acids is 2. The van der Waals surface area contributed by atoms with Crippen LogP contribution in [0.1, 0.15) is 18.4 Å². The van der Waals surface area contributed by atoms with Gasteiger partial charge in [0.05, 0.1) is 19.3 Å². The zero-order valence-electron chi connectivity index (χ0n) is 15.5. The molecule has 2 aromatic heterocycles. The van der Waals surface area contributed by atoms with Crippen molar-refractivity contribution in [2.45, 2.75) is 32.0 Å². The van der Waals surface area contributed by atoms with E-state index >= 15 is 0 Å². The number of aromatic nitrogens is 4. The van der Waals surface area contributed by atoms with Crippen LogP contribution in [0.5, 0.6) is 0 Å². The second kappa shape index (κ2) is 7.82. The number of hydrogen-bond donors (Lipinski definition) is 2. The normalized spacial score (nSPS) is 16.2. The average molecular weight is 398 g/mol. The minimum absolute atomic E-state index is 0.123. The zero-order chi connectivity index (χ0) is 20.4. The molecule has 0 bridgehead atoms. The van der Waals surface area contributed by atoms with Crippen molar-refractivity contribution in [2.75, 3.05) is 6.54 Å². The van der Waals surface area contributed by atoms with Crippen molar-refractivity contribution in [1.29, 1.82) is 0 Å². The first kappa shape index (κ1) is 18.8. The summed E-state index contributed by atoms with van der Waals surface area (Å²) in [5.74, 6) is -0.726. The number of halogens is 1. The van der Waals surface area contributed by atoms with Gasteiger partial charge in [-0.2, -0.15) is 5.10 Å². The van der Waals surface area contributed by atoms with E-state index in [2.05, 4.69) is 20.7 Å². The highest BCUT2D eigenvalue weighted by Crippen LogP contribution is 2.09. The van der Waals surface area contributed by atoms with Crippen molar-refractivity contribution in [3.63, 3.8) is 0 Å². The summed E-state index contributed by atoms with van der Waals surface area (Å²) in [5, 5.41) is 9.89. The quantitative estimate of drug-likeness (QED) is 0.615. The average Bonchev–Trinajstić information content (AvgIpc) is 3.31. The molecular weight excluding hydrogens is 379 g/mol. The van der Waals surface area contributed by atoms with E-state index in [1.807, 2.05) is 0 Å². The first-order chi connectivity index (χ1) is 14.0. The third kappa shape index (κ3) is 4.00. The molecular formula is C19H19FN6O3. The molecule has 1 unspecified atom stereocenters. The molecule has 10 heteroatoms. The van der Waals surface area contributed by atoms with Crippen molar-refractivity contribution in [3.8, 4) is 0 Å². The van der Waals surface area contributed by atoms with E-state index in [0.29, 0.717) is 36.0 Å². The second-order valence-corrected chi connectivity index (χ2v) is 6.86. The van der Waals surface area contributed by atoms with Gasteiger partial charge in [0.2, 0.25) is 11.8 Å². The maximum atomic E-state index is 13.4. The Balaban J connectivity index is 1.44. The molecule has 0 saturated carbocycles. The number of nitrogens with one attached hydrogen (secondary N) is 2. The van der Waals surface area contributed by atoms with E-state index < -0.39 is 6.04 Å². The molecule has 1 fully saturated rings. The van der Waals surface area contributed by atoms with Crippen LogP contribution in [0.4, 0.5) is 4.39 Å². The number of benzene rings is 1. The summed E-state index contributed by atoms with van der Waals surface area (Å²) in [6.07, 6.45) is 3.68. The van der Waals surface area contributed by atoms with Gasteiger partial charge in [0, 0.05) is 13.0 Å². The van der Waals surface area contributed by atoms with Crippen LogP contribution in [0.15, 0.2) is 41.6 Å². The predicted molar refractivity (Wildman–Crippen MR) is 101 cm³/mol. The highest BCUT2D eigenvalue weighted by molar-refractivity contribution is 5.90. The fourth-order valence-corrected chi connectivity index (χ4v) is 3.32. The summed E-state index contributed by atoms with van der Waals surface area (Å²) in [6, 6.07) is 5.54. The van der Waals surface area contributed by atoms with E-state index in [4.69, 9.17) is 0 Å². The Morgan fingerprint density at radius 3 is 2.97 bits per heavy atom. The first-order valence-corrected chi connectivity index (χ1v) is 9.24. The number of rotatable bonds is 6. The van der Waals surface area contributed by atoms with Crippen LogP contribution in [0.2, 0.25) is 0 Å². The van der Waals surface area contributed by atoms with Gasteiger partial charge in [-0.05, 0) is 24.1 Å². The molecule has 1 aliphatic heterocycles. The molecule has 150 valence electrons. The molecule has 4 rings (SSSR count). The molecule has 2 N–H and O–H groups in total. The third-order valence-corrected chi connectivity index (χ3v) is 4.80. The Labute approximate surface area is 164 Å². The molecule has 1 aliphatic rings. The fraction of sp³-hybridized carbons (Fsp3) is 0.316. The number of carbonyl (C=O) groups is 2. The molecule has 0 radical (unpaired) electrons. The van der Waals surface area contributed by atoms with Gasteiger partial charge in [0.1, 0.15) is 23.6 Å². The molecule has 3 aromatic rings. The maximum absolute atomic E-state index is 13.4. The molecule has 0 spiro atoms. The molecule has 1 atom stereocenters. The predicted octanol–water partition coefficient (Wildman–Crippen LogP) is 0.175. The van der Waals surface area contributed by atoms with Crippen LogP contribution in [0.3, 0.4) is 0 Å². The highest BCUT2D eigenvalue weighted by Gasteiger charge is 2.26. The fourth-order valence-electron chi connectivity index (χ4n) is 3.32. The van der Waals surface area contributed by atoms with Crippen LogP contribution >= 0.6 is 0 Å². The summed E-state index contributed by atoms with van der Waals surface area (Å²) in [7, 11) is 0. The van der Waals surface area contributed by atoms with Crippen LogP contribution < -0.4 is 16.2 Å². The minimum atomic E-state index is -0.495. The number of fused-ring (bicyclic) bond motifs is 1. The topological polar surface area (TPSA) is 111 Å². The largest absolute Gasteiger partial charge is 0.352 e. The van der Waals surface area contributed by atoms with E-state index in [9.17, 15) is 18.8 Å². The lowest BCUT2D eigenvalue weighted by molar-refractivity contribution is -0.125. The Morgan fingerprint density at radius 1 is 1.34 bits per heavy atom. The van der Waals surface area contributed by atoms with Gasteiger partial charge in [0.25, 0.3) is 5.56 Å². The van der Waals surface area contributed by atoms with E-state index in [1.54, 1.807) is 12.1 Å². The van der Waals surface area contributed by atoms with Crippen LogP contribution in [-0.2, 0) is 22.7 Å². The lowest BCUT2D eigenvalue weighted by Gasteiger charge is -2.11. The van der Waals surface area contributed by atoms with Gasteiger partial charge in [-0.25, -0.2) is 14.1 Å². The lowest BCUT2D eigenvalue weighted by Crippen LogP contribution is -2.42. The lowest BCUT2D eigenvalue weighted by atomic mass is 10.2. The van der Waals surface area contributed by atoms with E-state index in [0.717, 1.165) is 0 Å². The van der Waals surface area contributed by atoms with Gasteiger partial charge in [0.15, 0.2) is 5.65 Å². The molecule has 0 aliphatic carbocycles. The van der Waals surface area contributed by atoms with Crippen molar-refractivity contribution < 1.29 is 14.0 Å². The molecule has 29 heavy (non-hydrogen) atoms. The molecule has 3 heterocycles. The standard InChI is InChI=1S/C19H19FN6O3/c20-13-3-1-2-12(8-13)10-25-11-22-17-14(19(25)29)9-23-26(17)7-6-21-18(28)15-4-5-16(27)24-15/h1-3,8-9,11,15H,4-7,10H2,(H,21,28)(H,24,27). The molecule has 2 amide bonds. The molecule has 9 nitrogen and oxygen atoms in total. The Morgan fingerprint density at radius 2 is 2.21 bits per heavy atom. The van der Waals surface area contributed by atoms with Gasteiger partial charge in [-0.3, -0.25) is 19.0 Å². The van der Waals surface area contributed by atoms with Crippen LogP contribution in [0.25, 0.3) is 11.0 Å². The third-order valence-electron chi connectivity index (χ3n) is 4.80. The highest BCUT2D eigenvalue weighted by atomic mass is 19.1. The maximum Gasteiger partial charge on any atom is 0.264 e. The van der Waals surface area contributed by atoms with Crippen LogP contribution in [0, 0.1) is 5.82 Å². The second-order valence-electron chi connectivity index (χ2n) is 6.86. The summed E-state index contributed by atoms with van der Waals surface area (Å²) >= 11 is 0. The SMILES string of the molecule is O=C1CCC(C(=O)NCCn2ncc3c(=O)n(Cc4cccc(F)c4)cnc32)N1. The van der Waals surface area contributed by atoms with Gasteiger partial charge in [-0.15, -0.1) is 0 Å². The van der Waals surface area contributed by atoms with Gasteiger partial charge in [-0.1, -0.05) is 12.1 Å². The summed E-state index contributed by atoms with van der Waals surface area (Å²) in [6.45, 7) is 0.820. The molecule has 1 saturated heterocycles. The van der Waals surface area contributed by atoms with Crippen molar-refractivity contribution in [2.24, 2.45) is 0 Å². The van der Waals surface area contributed by atoms with E-state index in [-0.39, 0.29) is 36.3 Å². The van der Waals surface area contributed by atoms with Crippen molar-refractivity contribution in [3.05, 3.63) is 58.5 Å². The summed E-state index contributed by atoms with van der Waals surface area (Å²) in [4.78, 5) is 40.2. The molecule has 1 aromatic carbocycles. The smallest absolute Gasteiger partial charge is 0.264 e. The first-order valence-electron chi connectivity index (χ1n) is 9.24. The van der Waals surface area contributed by atoms with E-state index in [1.165, 1.54) is 33.9 Å². The van der Waals surface area contributed by atoms with Gasteiger partial charge < -0.3 is 10.6 Å². The van der Waals surface area contributed by atoms with Crippen LogP contribution in [-0.4, -0.2) is 43.7 Å². The Kier molecular flexibility index (Phi) is 5.07. The van der Waals surface area contributed by atoms with Crippen molar-refractivity contribution in [1.82, 2.24) is 30.0 Å². The van der Waals surface area contributed by atoms with Crippen molar-refractivity contribution >= 4 is 22.8 Å².